The fraction of sp³-hybridized carbons (Fsp3) is 0.800. The van der Waals surface area contributed by atoms with E-state index in [0.29, 0.717) is 25.8 Å². The van der Waals surface area contributed by atoms with E-state index in [1.54, 1.807) is 0 Å². The Hall–Kier alpha value is 2.73. The van der Waals surface area contributed by atoms with Crippen molar-refractivity contribution in [1.29, 1.82) is 0 Å². The van der Waals surface area contributed by atoms with Crippen molar-refractivity contribution in [3.8, 4) is 0 Å². The van der Waals surface area contributed by atoms with Crippen molar-refractivity contribution in [2.75, 3.05) is 6.54 Å². The van der Waals surface area contributed by atoms with E-state index in [1.807, 2.05) is 0 Å². The Morgan fingerprint density at radius 2 is 1.03 bits per heavy atom. The van der Waals surface area contributed by atoms with Crippen molar-refractivity contribution in [2.45, 2.75) is 57.5 Å². The second-order valence-electron chi connectivity index (χ2n) is 6.30. The zero-order valence-corrected chi connectivity index (χ0v) is 29.9. The van der Waals surface area contributed by atoms with Crippen molar-refractivity contribution in [3.63, 3.8) is 0 Å². The maximum absolute atomic E-state index is 12.7. The third-order valence-electron chi connectivity index (χ3n) is 3.75. The molecule has 15 heteroatoms. The van der Waals surface area contributed by atoms with Crippen LogP contribution in [0.3, 0.4) is 0 Å². The number of halogens is 9. The molecule has 0 saturated carbocycles. The molecule has 0 aromatic carbocycles. The molecule has 0 unspecified atom stereocenters. The highest BCUT2D eigenvalue weighted by Gasteiger charge is 2.41. The van der Waals surface area contributed by atoms with Crippen LogP contribution in [0.5, 0.6) is 0 Å². The van der Waals surface area contributed by atoms with Gasteiger partial charge in [0.2, 0.25) is 6.43 Å². The summed E-state index contributed by atoms with van der Waals surface area (Å²) in [6.07, 6.45) is 4.11. The fourth-order valence-corrected chi connectivity index (χ4v) is 3.37. The van der Waals surface area contributed by atoms with Gasteiger partial charge in [0.25, 0.3) is 17.7 Å². The Morgan fingerprint density at radius 1 is 0.633 bits per heavy atom. The van der Waals surface area contributed by atoms with Gasteiger partial charge < -0.3 is 16.0 Å². The second-order valence-corrected chi connectivity index (χ2v) is 26.6. The summed E-state index contributed by atoms with van der Waals surface area (Å²) in [4.78, 5) is 37.4. The van der Waals surface area contributed by atoms with Gasteiger partial charge >= 0.3 is 0 Å². The molecule has 0 rings (SSSR count). The molecule has 30 heavy (non-hydrogen) atoms. The van der Waals surface area contributed by atoms with Crippen LogP contribution in [-0.4, -0.2) is 36.4 Å². The number of rotatable bonds is 10. The third kappa shape index (κ3) is 13.6. The van der Waals surface area contributed by atoms with Crippen LogP contribution in [0.25, 0.3) is 0 Å². The van der Waals surface area contributed by atoms with E-state index in [1.165, 1.54) is 0 Å². The number of amides is 3. The summed E-state index contributed by atoms with van der Waals surface area (Å²) >= 11 is 28.8. The summed E-state index contributed by atoms with van der Waals surface area (Å²) in [5.74, 6) is -1.12. The van der Waals surface area contributed by atoms with Gasteiger partial charge in [-0.25, -0.2) is 0 Å². The van der Waals surface area contributed by atoms with Gasteiger partial charge in [-0.15, -0.1) is 0 Å². The predicted octanol–water partition coefficient (Wildman–Crippen LogP) is 6.91. The average molecular weight is 1010 g/mol. The maximum atomic E-state index is 12.7. The molecule has 0 aromatic rings. The van der Waals surface area contributed by atoms with Crippen LogP contribution >= 0.6 is 143 Å². The van der Waals surface area contributed by atoms with Gasteiger partial charge in [-0.1, -0.05) is 19.8 Å². The summed E-state index contributed by atoms with van der Waals surface area (Å²) in [5.41, 5.74) is -1.04. The standard InChI is InChI=1S/C15H20Br9N3O3/c1-2-3-4-6-12(26-10(29)14(19,20)21,27-11(30)15(22,23)24)7-5-8-25-9(28)13(16,17)18/h2-8H2,1H3,(H,25,28)(H,26,29)(H,27,30). The van der Waals surface area contributed by atoms with Crippen molar-refractivity contribution < 1.29 is 14.4 Å². The molecule has 0 heterocycles. The quantitative estimate of drug-likeness (QED) is 0.127. The fourth-order valence-electron chi connectivity index (χ4n) is 2.35. The molecule has 6 nitrogen and oxygen atoms in total. The Morgan fingerprint density at radius 3 is 1.40 bits per heavy atom. The Kier molecular flexibility index (Phi) is 15.6. The first kappa shape index (κ1) is 32.7. The van der Waals surface area contributed by atoms with Gasteiger partial charge in [0.05, 0.1) is 0 Å². The number of unbranched alkanes of at least 4 members (excludes halogenated alkanes) is 2. The first-order valence-electron chi connectivity index (χ1n) is 8.58. The molecule has 0 fully saturated rings. The molecule has 0 saturated heterocycles. The van der Waals surface area contributed by atoms with Crippen LogP contribution in [0.4, 0.5) is 0 Å². The van der Waals surface area contributed by atoms with Gasteiger partial charge in [-0.2, -0.15) is 0 Å². The molecule has 3 N–H and O–H groups in total. The molecule has 0 aromatic heterocycles. The predicted molar refractivity (Wildman–Crippen MR) is 154 cm³/mol. The van der Waals surface area contributed by atoms with Gasteiger partial charge in [-0.3, -0.25) is 14.4 Å². The topological polar surface area (TPSA) is 87.3 Å². The van der Waals surface area contributed by atoms with E-state index in [4.69, 9.17) is 0 Å². The number of alkyl halides is 9. The lowest BCUT2D eigenvalue weighted by Crippen LogP contribution is -2.64. The van der Waals surface area contributed by atoms with Crippen molar-refractivity contribution in [3.05, 3.63) is 0 Å². The van der Waals surface area contributed by atoms with Crippen molar-refractivity contribution >= 4 is 161 Å². The highest BCUT2D eigenvalue weighted by atomic mass is 80.0. The van der Waals surface area contributed by atoms with E-state index >= 15 is 0 Å². The minimum Gasteiger partial charge on any atom is -0.353 e. The Bertz CT molecular complexity index is 573. The summed E-state index contributed by atoms with van der Waals surface area (Å²) < 4.78 is -3.41. The van der Waals surface area contributed by atoms with Crippen LogP contribution in [0.15, 0.2) is 0 Å². The first-order chi connectivity index (χ1) is 13.4. The van der Waals surface area contributed by atoms with Crippen molar-refractivity contribution in [2.24, 2.45) is 0 Å². The lowest BCUT2D eigenvalue weighted by Gasteiger charge is -2.38. The van der Waals surface area contributed by atoms with Gasteiger partial charge in [0.1, 0.15) is 5.66 Å². The van der Waals surface area contributed by atoms with Gasteiger partial charge in [0.15, 0.2) is 0 Å². The zero-order chi connectivity index (χ0) is 23.8. The van der Waals surface area contributed by atoms with Gasteiger partial charge in [0, 0.05) is 6.54 Å². The molecule has 0 spiro atoms. The largest absolute Gasteiger partial charge is 0.353 e. The number of nitrogens with one attached hydrogen (secondary N) is 3. The number of carbonyl (C=O) groups excluding carboxylic acids is 3. The monoisotopic (exact) mass is 1000 g/mol. The van der Waals surface area contributed by atoms with Crippen LogP contribution in [0, 0.1) is 0 Å². The first-order valence-corrected chi connectivity index (χ1v) is 15.7. The SMILES string of the molecule is CCCCCC(CCCNC(=O)C(Br)(Br)Br)(NC(=O)C(Br)(Br)Br)NC(=O)C(Br)(Br)Br. The maximum Gasteiger partial charge on any atom is 0.260 e. The number of carbonyl (C=O) groups is 3. The van der Waals surface area contributed by atoms with Crippen LogP contribution in [-0.2, 0) is 14.4 Å². The average Bonchev–Trinajstić information content (AvgIpc) is 2.56. The lowest BCUT2D eigenvalue weighted by atomic mass is 9.95. The van der Waals surface area contributed by atoms with Crippen LogP contribution < -0.4 is 16.0 Å². The zero-order valence-electron chi connectivity index (χ0n) is 15.6. The highest BCUT2D eigenvalue weighted by Crippen LogP contribution is 2.37. The normalized spacial score (nSPS) is 13.0. The van der Waals surface area contributed by atoms with Gasteiger partial charge in [-0.05, 0) is 169 Å². The molecule has 0 radical (unpaired) electrons. The minimum atomic E-state index is -1.18. The van der Waals surface area contributed by atoms with Crippen molar-refractivity contribution in [1.82, 2.24) is 16.0 Å². The molecular weight excluding hydrogens is 989 g/mol. The molecule has 176 valence electrons. The number of hydrogen-bond donors (Lipinski definition) is 3. The van der Waals surface area contributed by atoms with E-state index in [0.717, 1.165) is 19.3 Å². The lowest BCUT2D eigenvalue weighted by molar-refractivity contribution is -0.126. The summed E-state index contributed by atoms with van der Waals surface area (Å²) in [5, 5.41) is 8.64. The van der Waals surface area contributed by atoms with E-state index in [9.17, 15) is 14.4 Å². The summed E-state index contributed by atoms with van der Waals surface area (Å²) in [6, 6.07) is 0. The summed E-state index contributed by atoms with van der Waals surface area (Å²) in [7, 11) is 0. The molecule has 0 aliphatic heterocycles. The highest BCUT2D eigenvalue weighted by molar-refractivity contribution is 9.40. The molecule has 0 aliphatic rings. The Balaban J connectivity index is 5.57. The molecule has 3 amide bonds. The number of hydrogen-bond acceptors (Lipinski definition) is 3. The second kappa shape index (κ2) is 14.3. The molecule has 0 aliphatic carbocycles. The molecular formula is C15H20Br9N3O3. The Labute approximate surface area is 252 Å². The third-order valence-corrected chi connectivity index (χ3v) is 6.99. The van der Waals surface area contributed by atoms with Crippen LogP contribution in [0.2, 0.25) is 0 Å². The molecule has 0 atom stereocenters. The van der Waals surface area contributed by atoms with E-state index in [2.05, 4.69) is 166 Å². The smallest absolute Gasteiger partial charge is 0.260 e. The van der Waals surface area contributed by atoms with E-state index < -0.39 is 23.9 Å². The minimum absolute atomic E-state index is 0.298. The van der Waals surface area contributed by atoms with E-state index in [-0.39, 0.29) is 5.91 Å². The van der Waals surface area contributed by atoms with Crippen LogP contribution in [0.1, 0.15) is 45.4 Å². The molecule has 0 bridgehead atoms. The summed E-state index contributed by atoms with van der Waals surface area (Å²) in [6.45, 7) is 2.41.